The minimum Gasteiger partial charge on any atom is -0.339 e. The molecule has 0 atom stereocenters. The maximum atomic E-state index is 11.9. The van der Waals surface area contributed by atoms with Gasteiger partial charge in [-0.1, -0.05) is 6.42 Å². The Bertz CT molecular complexity index is 838. The van der Waals surface area contributed by atoms with Gasteiger partial charge in [-0.2, -0.15) is 5.10 Å². The Morgan fingerprint density at radius 3 is 2.44 bits per heavy atom. The molecule has 2 N–H and O–H groups in total. The highest BCUT2D eigenvalue weighted by atomic mass is 16.1. The molecule has 7 heteroatoms. The lowest BCUT2D eigenvalue weighted by Gasteiger charge is -2.24. The lowest BCUT2D eigenvalue weighted by Crippen LogP contribution is -2.27. The fraction of sp³-hybridized carbons (Fsp3) is 0.222. The van der Waals surface area contributed by atoms with Crippen LogP contribution in [0.5, 0.6) is 0 Å². The first-order valence-electron chi connectivity index (χ1n) is 8.30. The van der Waals surface area contributed by atoms with E-state index >= 15 is 0 Å². The molecular weight excluding hydrogens is 316 g/mol. The highest BCUT2D eigenvalue weighted by Crippen LogP contribution is 2.28. The number of anilines is 3. The fourth-order valence-corrected chi connectivity index (χ4v) is 2.62. The molecule has 0 radical (unpaired) electrons. The minimum absolute atomic E-state index is 0.118. The average molecular weight is 334 g/mol. The maximum Gasteiger partial charge on any atom is 0.227 e. The van der Waals surface area contributed by atoms with Crippen LogP contribution in [0.1, 0.15) is 19.3 Å². The number of aromatic nitrogens is 4. The Morgan fingerprint density at radius 1 is 1.04 bits per heavy atom. The van der Waals surface area contributed by atoms with Crippen molar-refractivity contribution in [1.29, 1.82) is 0 Å². The molecule has 0 bridgehead atoms. The molecule has 2 aromatic heterocycles. The van der Waals surface area contributed by atoms with Crippen LogP contribution in [-0.4, -0.2) is 25.9 Å². The van der Waals surface area contributed by atoms with E-state index in [4.69, 9.17) is 0 Å². The van der Waals surface area contributed by atoms with Gasteiger partial charge in [0.1, 0.15) is 0 Å². The van der Waals surface area contributed by atoms with E-state index < -0.39 is 0 Å². The summed E-state index contributed by atoms with van der Waals surface area (Å²) in [6.07, 6.45) is 6.66. The second kappa shape index (κ2) is 6.72. The van der Waals surface area contributed by atoms with Crippen LogP contribution in [0, 0.1) is 5.92 Å². The van der Waals surface area contributed by atoms with Gasteiger partial charge in [0, 0.05) is 29.7 Å². The molecule has 1 saturated carbocycles. The standard InChI is InChI=1S/C18H18N6O/c25-18(13-3-1-4-13)21-15-7-5-14(6-8-15)20-16-9-10-17(23-22-16)24-12-2-11-19-24/h2,5-13H,1,3-4H2,(H,20,22)(H,21,25). The Labute approximate surface area is 145 Å². The number of carbonyl (C=O) groups excluding carboxylic acids is 1. The monoisotopic (exact) mass is 334 g/mol. The molecule has 1 aromatic carbocycles. The molecule has 25 heavy (non-hydrogen) atoms. The number of hydrogen-bond acceptors (Lipinski definition) is 5. The topological polar surface area (TPSA) is 84.7 Å². The van der Waals surface area contributed by atoms with Gasteiger partial charge in [0.15, 0.2) is 11.6 Å². The molecule has 4 rings (SSSR count). The fourth-order valence-electron chi connectivity index (χ4n) is 2.62. The molecule has 126 valence electrons. The number of amides is 1. The van der Waals surface area contributed by atoms with E-state index in [9.17, 15) is 4.79 Å². The molecule has 3 aromatic rings. The number of nitrogens with zero attached hydrogens (tertiary/aromatic N) is 4. The molecule has 7 nitrogen and oxygen atoms in total. The molecular formula is C18H18N6O. The second-order valence-electron chi connectivity index (χ2n) is 6.05. The zero-order valence-corrected chi connectivity index (χ0v) is 13.6. The first-order chi connectivity index (χ1) is 12.3. The van der Waals surface area contributed by atoms with Crippen molar-refractivity contribution in [3.63, 3.8) is 0 Å². The van der Waals surface area contributed by atoms with Gasteiger partial charge in [-0.25, -0.2) is 4.68 Å². The first-order valence-corrected chi connectivity index (χ1v) is 8.30. The van der Waals surface area contributed by atoms with Crippen LogP contribution in [0.15, 0.2) is 54.9 Å². The molecule has 0 unspecified atom stereocenters. The van der Waals surface area contributed by atoms with E-state index in [2.05, 4.69) is 25.9 Å². The number of benzene rings is 1. The lowest BCUT2D eigenvalue weighted by atomic mass is 9.85. The average Bonchev–Trinajstić information content (AvgIpc) is 3.10. The molecule has 1 fully saturated rings. The SMILES string of the molecule is O=C(Nc1ccc(Nc2ccc(-n3cccn3)nn2)cc1)C1CCC1. The zero-order valence-electron chi connectivity index (χ0n) is 13.6. The molecule has 0 saturated heterocycles. The van der Waals surface area contributed by atoms with Crippen LogP contribution in [0.3, 0.4) is 0 Å². The number of carbonyl (C=O) groups is 1. The molecule has 1 aliphatic carbocycles. The van der Waals surface area contributed by atoms with Crippen LogP contribution < -0.4 is 10.6 Å². The van der Waals surface area contributed by atoms with E-state index in [-0.39, 0.29) is 11.8 Å². The van der Waals surface area contributed by atoms with Crippen LogP contribution in [-0.2, 0) is 4.79 Å². The van der Waals surface area contributed by atoms with Gasteiger partial charge in [-0.3, -0.25) is 4.79 Å². The highest BCUT2D eigenvalue weighted by Gasteiger charge is 2.24. The van der Waals surface area contributed by atoms with E-state index in [0.29, 0.717) is 11.6 Å². The third-order valence-corrected chi connectivity index (χ3v) is 4.29. The number of hydrogen-bond donors (Lipinski definition) is 2. The highest BCUT2D eigenvalue weighted by molar-refractivity contribution is 5.93. The van der Waals surface area contributed by atoms with Crippen molar-refractivity contribution in [3.05, 3.63) is 54.9 Å². The first kappa shape index (κ1) is 15.3. The van der Waals surface area contributed by atoms with Crippen molar-refractivity contribution < 1.29 is 4.79 Å². The van der Waals surface area contributed by atoms with Crippen molar-refractivity contribution in [3.8, 4) is 5.82 Å². The predicted molar refractivity (Wildman–Crippen MR) is 94.8 cm³/mol. The van der Waals surface area contributed by atoms with E-state index in [1.807, 2.05) is 48.7 Å². The predicted octanol–water partition coefficient (Wildman–Crippen LogP) is 3.14. The third-order valence-electron chi connectivity index (χ3n) is 4.29. The summed E-state index contributed by atoms with van der Waals surface area (Å²) in [6.45, 7) is 0. The van der Waals surface area contributed by atoms with E-state index in [1.54, 1.807) is 10.9 Å². The Morgan fingerprint density at radius 2 is 1.84 bits per heavy atom. The molecule has 1 amide bonds. The minimum atomic E-state index is 0.118. The van der Waals surface area contributed by atoms with Crippen LogP contribution in [0.25, 0.3) is 5.82 Å². The smallest absolute Gasteiger partial charge is 0.227 e. The largest absolute Gasteiger partial charge is 0.339 e. The van der Waals surface area contributed by atoms with Crippen molar-refractivity contribution in [1.82, 2.24) is 20.0 Å². The summed E-state index contributed by atoms with van der Waals surface area (Å²) < 4.78 is 1.65. The number of nitrogens with one attached hydrogen (secondary N) is 2. The second-order valence-corrected chi connectivity index (χ2v) is 6.05. The van der Waals surface area contributed by atoms with Gasteiger partial charge < -0.3 is 10.6 Å². The number of rotatable bonds is 5. The quantitative estimate of drug-likeness (QED) is 0.749. The maximum absolute atomic E-state index is 11.9. The third kappa shape index (κ3) is 3.50. The van der Waals surface area contributed by atoms with Gasteiger partial charge in [0.05, 0.1) is 0 Å². The van der Waals surface area contributed by atoms with Gasteiger partial charge >= 0.3 is 0 Å². The van der Waals surface area contributed by atoms with Gasteiger partial charge in [-0.15, -0.1) is 10.2 Å². The Balaban J connectivity index is 1.38. The van der Waals surface area contributed by atoms with Gasteiger partial charge in [0.2, 0.25) is 5.91 Å². The summed E-state index contributed by atoms with van der Waals surface area (Å²) in [5.41, 5.74) is 1.69. The summed E-state index contributed by atoms with van der Waals surface area (Å²) in [6, 6.07) is 13.1. The van der Waals surface area contributed by atoms with Gasteiger partial charge in [0.25, 0.3) is 0 Å². The molecule has 0 spiro atoms. The van der Waals surface area contributed by atoms with Crippen LogP contribution >= 0.6 is 0 Å². The zero-order chi connectivity index (χ0) is 17.1. The Hall–Kier alpha value is -3.22. The van der Waals surface area contributed by atoms with Crippen LogP contribution in [0.4, 0.5) is 17.2 Å². The van der Waals surface area contributed by atoms with Crippen molar-refractivity contribution >= 4 is 23.1 Å². The molecule has 1 aliphatic rings. The normalized spacial score (nSPS) is 13.9. The molecule has 0 aliphatic heterocycles. The summed E-state index contributed by atoms with van der Waals surface area (Å²) >= 11 is 0. The van der Waals surface area contributed by atoms with E-state index in [1.165, 1.54) is 0 Å². The summed E-state index contributed by atoms with van der Waals surface area (Å²) in [5.74, 6) is 1.60. The Kier molecular flexibility index (Phi) is 4.12. The van der Waals surface area contributed by atoms with Gasteiger partial charge in [-0.05, 0) is 55.3 Å². The van der Waals surface area contributed by atoms with Crippen molar-refractivity contribution in [2.24, 2.45) is 5.92 Å². The van der Waals surface area contributed by atoms with Crippen molar-refractivity contribution in [2.75, 3.05) is 10.6 Å². The van der Waals surface area contributed by atoms with Crippen molar-refractivity contribution in [2.45, 2.75) is 19.3 Å². The van der Waals surface area contributed by atoms with E-state index in [0.717, 1.165) is 30.6 Å². The molecule has 2 heterocycles. The summed E-state index contributed by atoms with van der Waals surface area (Å²) in [7, 11) is 0. The summed E-state index contributed by atoms with van der Waals surface area (Å²) in [5, 5.41) is 18.5. The lowest BCUT2D eigenvalue weighted by molar-refractivity contribution is -0.122. The van der Waals surface area contributed by atoms with Crippen LogP contribution in [0.2, 0.25) is 0 Å². The summed E-state index contributed by atoms with van der Waals surface area (Å²) in [4.78, 5) is 11.9.